The maximum atomic E-state index is 11.9. The summed E-state index contributed by atoms with van der Waals surface area (Å²) in [6, 6.07) is 0. The largest absolute Gasteiger partial charge is 0.240 e. The van der Waals surface area contributed by atoms with E-state index < -0.39 is 29.7 Å². The lowest BCUT2D eigenvalue weighted by Gasteiger charge is -2.07. The van der Waals surface area contributed by atoms with Crippen LogP contribution in [-0.4, -0.2) is 38.3 Å². The van der Waals surface area contributed by atoms with Crippen LogP contribution >= 0.6 is 0 Å². The van der Waals surface area contributed by atoms with E-state index in [9.17, 15) is 16.8 Å². The fourth-order valence-electron chi connectivity index (χ4n) is 1.47. The zero-order valence-corrected chi connectivity index (χ0v) is 12.0. The van der Waals surface area contributed by atoms with Gasteiger partial charge in [-0.25, -0.2) is 26.8 Å². The van der Waals surface area contributed by atoms with E-state index in [0.717, 1.165) is 0 Å². The van der Waals surface area contributed by atoms with E-state index in [-0.39, 0.29) is 11.5 Å². The zero-order chi connectivity index (χ0) is 13.8. The van der Waals surface area contributed by atoms with Crippen LogP contribution in [0.1, 0.15) is 26.7 Å². The molecule has 0 aromatic carbocycles. The van der Waals surface area contributed by atoms with Gasteiger partial charge in [0.25, 0.3) is 0 Å². The molecular formula is C10H16N2O4S2. The van der Waals surface area contributed by atoms with Gasteiger partial charge >= 0.3 is 0 Å². The number of sulfone groups is 2. The molecular weight excluding hydrogens is 276 g/mol. The highest BCUT2D eigenvalue weighted by molar-refractivity contribution is 7.94. The molecule has 102 valence electrons. The van der Waals surface area contributed by atoms with E-state index in [4.69, 9.17) is 0 Å². The molecule has 6 nitrogen and oxygen atoms in total. The Bertz CT molecular complexity index is 554. The van der Waals surface area contributed by atoms with Gasteiger partial charge in [-0.3, -0.25) is 0 Å². The molecule has 0 amide bonds. The van der Waals surface area contributed by atoms with E-state index in [2.05, 4.69) is 9.97 Å². The Kier molecular flexibility index (Phi) is 4.80. The molecule has 0 unspecified atom stereocenters. The average Bonchev–Trinajstić information content (AvgIpc) is 2.29. The average molecular weight is 292 g/mol. The van der Waals surface area contributed by atoms with Gasteiger partial charge in [-0.05, 0) is 12.8 Å². The first-order chi connectivity index (χ1) is 8.35. The first-order valence-electron chi connectivity index (χ1n) is 5.61. The van der Waals surface area contributed by atoms with Crippen molar-refractivity contribution in [2.75, 3.05) is 11.5 Å². The van der Waals surface area contributed by atoms with Crippen LogP contribution in [0.15, 0.2) is 22.4 Å². The Hall–Kier alpha value is -1.02. The Morgan fingerprint density at radius 2 is 1.17 bits per heavy atom. The van der Waals surface area contributed by atoms with E-state index in [1.165, 1.54) is 12.4 Å². The van der Waals surface area contributed by atoms with Crippen molar-refractivity contribution in [1.29, 1.82) is 0 Å². The summed E-state index contributed by atoms with van der Waals surface area (Å²) < 4.78 is 47.7. The minimum absolute atomic E-state index is 0.139. The Morgan fingerprint density at radius 1 is 0.833 bits per heavy atom. The van der Waals surface area contributed by atoms with Crippen LogP contribution in [-0.2, 0) is 19.7 Å². The summed E-state index contributed by atoms with van der Waals surface area (Å²) in [5, 5.41) is -0.861. The topological polar surface area (TPSA) is 94.1 Å². The Balaban J connectivity index is 3.41. The van der Waals surface area contributed by atoms with Crippen molar-refractivity contribution in [3.05, 3.63) is 12.4 Å². The fraction of sp³-hybridized carbons (Fsp3) is 0.600. The van der Waals surface area contributed by atoms with Gasteiger partial charge in [0, 0.05) is 12.4 Å². The minimum atomic E-state index is -3.70. The number of aromatic nitrogens is 2. The van der Waals surface area contributed by atoms with Crippen LogP contribution in [0.2, 0.25) is 0 Å². The van der Waals surface area contributed by atoms with Crippen LogP contribution < -0.4 is 0 Å². The number of nitrogens with zero attached hydrogens (tertiary/aromatic N) is 2. The molecule has 1 rings (SSSR count). The second kappa shape index (κ2) is 5.75. The van der Waals surface area contributed by atoms with Gasteiger partial charge in [-0.1, -0.05) is 13.8 Å². The van der Waals surface area contributed by atoms with Crippen LogP contribution in [0.5, 0.6) is 0 Å². The molecule has 1 aromatic rings. The van der Waals surface area contributed by atoms with Crippen molar-refractivity contribution in [2.24, 2.45) is 0 Å². The summed E-state index contributed by atoms with van der Waals surface area (Å²) in [6.07, 6.45) is 3.17. The number of hydrogen-bond donors (Lipinski definition) is 0. The first-order valence-corrected chi connectivity index (χ1v) is 8.92. The molecule has 1 aromatic heterocycles. The molecule has 0 N–H and O–H groups in total. The highest BCUT2D eigenvalue weighted by atomic mass is 32.2. The molecule has 0 radical (unpaired) electrons. The van der Waals surface area contributed by atoms with Crippen molar-refractivity contribution in [1.82, 2.24) is 9.97 Å². The standard InChI is InChI=1S/C10H16N2O4S2/c1-3-7-17(13,14)9-10(12-6-5-11-9)18(15,16)8-4-2/h5-6H,3-4,7-8H2,1-2H3. The Labute approximate surface area is 107 Å². The molecule has 18 heavy (non-hydrogen) atoms. The molecule has 0 aliphatic carbocycles. The second-order valence-electron chi connectivity index (χ2n) is 3.80. The van der Waals surface area contributed by atoms with Gasteiger partial charge in [-0.15, -0.1) is 0 Å². The van der Waals surface area contributed by atoms with Crippen LogP contribution in [0, 0.1) is 0 Å². The van der Waals surface area contributed by atoms with Gasteiger partial charge in [0.1, 0.15) is 0 Å². The van der Waals surface area contributed by atoms with Crippen molar-refractivity contribution < 1.29 is 16.8 Å². The van der Waals surface area contributed by atoms with Crippen molar-refractivity contribution in [2.45, 2.75) is 36.7 Å². The van der Waals surface area contributed by atoms with Crippen molar-refractivity contribution in [3.63, 3.8) is 0 Å². The minimum Gasteiger partial charge on any atom is -0.240 e. The maximum Gasteiger partial charge on any atom is 0.198 e. The molecule has 0 atom stereocenters. The molecule has 0 bridgehead atoms. The van der Waals surface area contributed by atoms with Gasteiger partial charge in [-0.2, -0.15) is 0 Å². The zero-order valence-electron chi connectivity index (χ0n) is 10.3. The van der Waals surface area contributed by atoms with Crippen molar-refractivity contribution >= 4 is 19.7 Å². The summed E-state index contributed by atoms with van der Waals surface area (Å²) in [5.41, 5.74) is 0. The van der Waals surface area contributed by atoms with E-state index >= 15 is 0 Å². The third-order valence-electron chi connectivity index (χ3n) is 2.17. The highest BCUT2D eigenvalue weighted by Gasteiger charge is 2.28. The van der Waals surface area contributed by atoms with E-state index in [1.807, 2.05) is 0 Å². The predicted octanol–water partition coefficient (Wildman–Crippen LogP) is 0.844. The molecule has 0 spiro atoms. The summed E-state index contributed by atoms with van der Waals surface area (Å²) in [5.74, 6) is -0.277. The molecule has 1 heterocycles. The second-order valence-corrected chi connectivity index (χ2v) is 7.85. The summed E-state index contributed by atoms with van der Waals surface area (Å²) in [7, 11) is -7.39. The smallest absolute Gasteiger partial charge is 0.198 e. The van der Waals surface area contributed by atoms with Crippen LogP contribution in [0.3, 0.4) is 0 Å². The third-order valence-corrected chi connectivity index (χ3v) is 5.96. The monoisotopic (exact) mass is 292 g/mol. The van der Waals surface area contributed by atoms with E-state index in [0.29, 0.717) is 12.8 Å². The van der Waals surface area contributed by atoms with Crippen LogP contribution in [0.25, 0.3) is 0 Å². The van der Waals surface area contributed by atoms with Gasteiger partial charge in [0.2, 0.25) is 0 Å². The van der Waals surface area contributed by atoms with Crippen LogP contribution in [0.4, 0.5) is 0 Å². The molecule has 0 aliphatic heterocycles. The molecule has 0 aliphatic rings. The third kappa shape index (κ3) is 3.26. The lowest BCUT2D eigenvalue weighted by molar-refractivity contribution is 0.570. The van der Waals surface area contributed by atoms with Crippen molar-refractivity contribution in [3.8, 4) is 0 Å². The first kappa shape index (κ1) is 15.0. The quantitative estimate of drug-likeness (QED) is 0.771. The lowest BCUT2D eigenvalue weighted by atomic mass is 10.6. The normalized spacial score (nSPS) is 12.6. The predicted molar refractivity (Wildman–Crippen MR) is 66.7 cm³/mol. The highest BCUT2D eigenvalue weighted by Crippen LogP contribution is 2.19. The lowest BCUT2D eigenvalue weighted by Crippen LogP contribution is -2.17. The Morgan fingerprint density at radius 3 is 1.44 bits per heavy atom. The molecule has 0 saturated carbocycles. The molecule has 0 fully saturated rings. The van der Waals surface area contributed by atoms with E-state index in [1.54, 1.807) is 13.8 Å². The summed E-state index contributed by atoms with van der Waals surface area (Å²) in [6.45, 7) is 3.41. The summed E-state index contributed by atoms with van der Waals surface area (Å²) in [4.78, 5) is 7.38. The number of hydrogen-bond acceptors (Lipinski definition) is 6. The number of rotatable bonds is 6. The molecule has 8 heteroatoms. The van der Waals surface area contributed by atoms with Gasteiger partial charge in [0.15, 0.2) is 29.7 Å². The SMILES string of the molecule is CCCS(=O)(=O)c1nccnc1S(=O)(=O)CCC. The fourth-order valence-corrected chi connectivity index (χ4v) is 4.77. The maximum absolute atomic E-state index is 11.9. The van der Waals surface area contributed by atoms with Gasteiger partial charge in [0.05, 0.1) is 11.5 Å². The molecule has 0 saturated heterocycles. The summed E-state index contributed by atoms with van der Waals surface area (Å²) >= 11 is 0. The van der Waals surface area contributed by atoms with Gasteiger partial charge < -0.3 is 0 Å².